The molecule has 2 aromatic heterocycles. The van der Waals surface area contributed by atoms with Gasteiger partial charge in [0.1, 0.15) is 17.1 Å². The molecular weight excluding hydrogens is 418 g/mol. The molecule has 3 rings (SSSR count). The monoisotopic (exact) mass is 437 g/mol. The summed E-state index contributed by atoms with van der Waals surface area (Å²) in [4.78, 5) is 23.0. The molecule has 12 heteroatoms. The van der Waals surface area contributed by atoms with Gasteiger partial charge in [0.15, 0.2) is 0 Å². The van der Waals surface area contributed by atoms with Crippen molar-refractivity contribution in [2.45, 2.75) is 26.1 Å². The molecule has 0 spiro atoms. The summed E-state index contributed by atoms with van der Waals surface area (Å²) in [6.07, 6.45) is -0.365. The number of carbonyl (C=O) groups excluding carboxylic acids is 1. The summed E-state index contributed by atoms with van der Waals surface area (Å²) in [6.45, 7) is 3.84. The number of anilines is 1. The molecule has 0 saturated heterocycles. The van der Waals surface area contributed by atoms with Crippen LogP contribution in [0.5, 0.6) is 0 Å². The van der Waals surface area contributed by atoms with Crippen molar-refractivity contribution in [2.24, 2.45) is 0 Å². The van der Waals surface area contributed by atoms with Gasteiger partial charge in [0.2, 0.25) is 5.95 Å². The van der Waals surface area contributed by atoms with E-state index >= 15 is 0 Å². The van der Waals surface area contributed by atoms with Crippen molar-refractivity contribution in [1.82, 2.24) is 29.9 Å². The smallest absolute Gasteiger partial charge is 0.352 e. The van der Waals surface area contributed by atoms with E-state index in [9.17, 15) is 22.4 Å². The van der Waals surface area contributed by atoms with Gasteiger partial charge in [-0.2, -0.15) is 28.2 Å². The summed E-state index contributed by atoms with van der Waals surface area (Å²) in [5.74, 6) is -1.31. The minimum atomic E-state index is -4.53. The van der Waals surface area contributed by atoms with Gasteiger partial charge in [-0.3, -0.25) is 4.79 Å². The normalized spacial score (nSPS) is 12.5. The van der Waals surface area contributed by atoms with Crippen molar-refractivity contribution in [3.8, 4) is 5.69 Å². The van der Waals surface area contributed by atoms with Crippen LogP contribution in [-0.4, -0.2) is 54.9 Å². The van der Waals surface area contributed by atoms with Gasteiger partial charge in [-0.25, -0.2) is 14.4 Å². The van der Waals surface area contributed by atoms with Crippen molar-refractivity contribution >= 4 is 11.9 Å². The van der Waals surface area contributed by atoms with E-state index < -0.39 is 29.5 Å². The number of carbonyl (C=O) groups is 1. The lowest BCUT2D eigenvalue weighted by atomic mass is 10.1. The highest BCUT2D eigenvalue weighted by atomic mass is 19.4. The number of aromatic nitrogens is 5. The molecule has 0 aliphatic rings. The first-order chi connectivity index (χ1) is 14.7. The first-order valence-corrected chi connectivity index (χ1v) is 9.31. The fourth-order valence-electron chi connectivity index (χ4n) is 2.95. The van der Waals surface area contributed by atoms with Crippen molar-refractivity contribution in [1.29, 1.82) is 0 Å². The van der Waals surface area contributed by atoms with E-state index in [1.54, 1.807) is 13.8 Å². The predicted molar refractivity (Wildman–Crippen MR) is 103 cm³/mol. The lowest BCUT2D eigenvalue weighted by Crippen LogP contribution is -2.43. The maximum Gasteiger partial charge on any atom is 0.419 e. The standard InChI is InChI=1S/C19H19F4N7O/c1-3-29(12(2)9-24-18-25-10-13(11-26-18)19(21,22)23)17(31)16-14(20)5-4-6-15(16)30-27-7-8-28-30/h4-8,10-12H,3,9H2,1-2H3,(H,24,25,26). The zero-order valence-electron chi connectivity index (χ0n) is 16.6. The zero-order valence-corrected chi connectivity index (χ0v) is 16.6. The Morgan fingerprint density at radius 2 is 1.84 bits per heavy atom. The van der Waals surface area contributed by atoms with E-state index in [0.29, 0.717) is 12.4 Å². The summed E-state index contributed by atoms with van der Waals surface area (Å²) < 4.78 is 52.4. The van der Waals surface area contributed by atoms with Gasteiger partial charge in [-0.15, -0.1) is 0 Å². The number of benzene rings is 1. The number of alkyl halides is 3. The van der Waals surface area contributed by atoms with Crippen LogP contribution in [0.1, 0.15) is 29.8 Å². The Balaban J connectivity index is 1.76. The average molecular weight is 437 g/mol. The molecule has 0 radical (unpaired) electrons. The second kappa shape index (κ2) is 9.06. The molecule has 1 unspecified atom stereocenters. The van der Waals surface area contributed by atoms with Crippen LogP contribution in [0.3, 0.4) is 0 Å². The molecule has 1 aromatic carbocycles. The first-order valence-electron chi connectivity index (χ1n) is 9.31. The van der Waals surface area contributed by atoms with Crippen LogP contribution in [0.4, 0.5) is 23.5 Å². The summed E-state index contributed by atoms with van der Waals surface area (Å²) in [6, 6.07) is 3.70. The van der Waals surface area contributed by atoms with Gasteiger partial charge in [0, 0.05) is 31.5 Å². The van der Waals surface area contributed by atoms with Crippen LogP contribution in [-0.2, 0) is 6.18 Å². The molecule has 1 N–H and O–H groups in total. The quantitative estimate of drug-likeness (QED) is 0.572. The molecule has 0 aliphatic heterocycles. The van der Waals surface area contributed by atoms with E-state index in [0.717, 1.165) is 4.80 Å². The topological polar surface area (TPSA) is 88.8 Å². The molecule has 0 bridgehead atoms. The van der Waals surface area contributed by atoms with Crippen LogP contribution in [0, 0.1) is 5.82 Å². The Kier molecular flexibility index (Phi) is 6.47. The zero-order chi connectivity index (χ0) is 22.6. The summed E-state index contributed by atoms with van der Waals surface area (Å²) in [5, 5.41) is 10.7. The summed E-state index contributed by atoms with van der Waals surface area (Å²) in [5.41, 5.74) is -0.950. The maximum absolute atomic E-state index is 14.6. The lowest BCUT2D eigenvalue weighted by Gasteiger charge is -2.29. The SMILES string of the molecule is CCN(C(=O)c1c(F)cccc1-n1nccn1)C(C)CNc1ncc(C(F)(F)F)cn1. The number of hydrogen-bond acceptors (Lipinski definition) is 6. The van der Waals surface area contributed by atoms with Crippen molar-refractivity contribution in [3.05, 3.63) is 59.9 Å². The molecule has 0 fully saturated rings. The first kappa shape index (κ1) is 22.1. The minimum absolute atomic E-state index is 0.0179. The minimum Gasteiger partial charge on any atom is -0.352 e. The highest BCUT2D eigenvalue weighted by Gasteiger charge is 2.31. The van der Waals surface area contributed by atoms with Crippen molar-refractivity contribution < 1.29 is 22.4 Å². The Morgan fingerprint density at radius 1 is 1.19 bits per heavy atom. The Bertz CT molecular complexity index is 1020. The molecule has 2 heterocycles. The van der Waals surface area contributed by atoms with Crippen molar-refractivity contribution in [2.75, 3.05) is 18.4 Å². The van der Waals surface area contributed by atoms with E-state index in [4.69, 9.17) is 0 Å². The second-order valence-electron chi connectivity index (χ2n) is 6.57. The molecular formula is C19H19F4N7O. The molecule has 31 heavy (non-hydrogen) atoms. The van der Waals surface area contributed by atoms with Crippen LogP contribution < -0.4 is 5.32 Å². The second-order valence-corrected chi connectivity index (χ2v) is 6.57. The van der Waals surface area contributed by atoms with Crippen molar-refractivity contribution in [3.63, 3.8) is 0 Å². The number of amides is 1. The molecule has 164 valence electrons. The number of nitrogens with zero attached hydrogens (tertiary/aromatic N) is 6. The van der Waals surface area contributed by atoms with Gasteiger partial charge < -0.3 is 10.2 Å². The Hall–Kier alpha value is -3.57. The van der Waals surface area contributed by atoms with Gasteiger partial charge in [-0.05, 0) is 26.0 Å². The maximum atomic E-state index is 14.6. The number of hydrogen-bond donors (Lipinski definition) is 1. The molecule has 1 amide bonds. The number of rotatable bonds is 7. The third kappa shape index (κ3) is 4.95. The van der Waals surface area contributed by atoms with E-state index in [2.05, 4.69) is 25.5 Å². The van der Waals surface area contributed by atoms with E-state index in [1.807, 2.05) is 0 Å². The summed E-state index contributed by atoms with van der Waals surface area (Å²) >= 11 is 0. The highest BCUT2D eigenvalue weighted by Crippen LogP contribution is 2.28. The molecule has 0 aliphatic carbocycles. The van der Waals surface area contributed by atoms with Crippen LogP contribution in [0.15, 0.2) is 43.0 Å². The van der Waals surface area contributed by atoms with E-state index in [-0.39, 0.29) is 30.3 Å². The molecule has 0 saturated carbocycles. The molecule has 3 aromatic rings. The Labute approximate surface area is 174 Å². The van der Waals surface area contributed by atoms with Gasteiger partial charge in [0.05, 0.1) is 18.0 Å². The largest absolute Gasteiger partial charge is 0.419 e. The van der Waals surface area contributed by atoms with Gasteiger partial charge >= 0.3 is 6.18 Å². The van der Waals surface area contributed by atoms with Crippen LogP contribution in [0.2, 0.25) is 0 Å². The fraction of sp³-hybridized carbons (Fsp3) is 0.316. The number of likely N-dealkylation sites (N-methyl/N-ethyl adjacent to an activating group) is 1. The number of nitrogens with one attached hydrogen (secondary N) is 1. The van der Waals surface area contributed by atoms with Gasteiger partial charge in [0.25, 0.3) is 5.91 Å². The third-order valence-corrected chi connectivity index (χ3v) is 4.51. The molecule has 1 atom stereocenters. The predicted octanol–water partition coefficient (Wildman–Crippen LogP) is 3.18. The number of halogens is 4. The molecule has 8 nitrogen and oxygen atoms in total. The lowest BCUT2D eigenvalue weighted by molar-refractivity contribution is -0.138. The Morgan fingerprint density at radius 3 is 2.42 bits per heavy atom. The average Bonchev–Trinajstić information content (AvgIpc) is 3.27. The highest BCUT2D eigenvalue weighted by molar-refractivity contribution is 5.98. The van der Waals surface area contributed by atoms with Crippen LogP contribution >= 0.6 is 0 Å². The van der Waals surface area contributed by atoms with E-state index in [1.165, 1.54) is 35.5 Å². The third-order valence-electron chi connectivity index (χ3n) is 4.51. The summed E-state index contributed by atoms with van der Waals surface area (Å²) in [7, 11) is 0. The van der Waals surface area contributed by atoms with Gasteiger partial charge in [-0.1, -0.05) is 6.07 Å². The van der Waals surface area contributed by atoms with Crippen LogP contribution in [0.25, 0.3) is 5.69 Å². The fourth-order valence-corrected chi connectivity index (χ4v) is 2.95.